The molecule has 4 nitrogen and oxygen atoms in total. The Kier molecular flexibility index (Phi) is 6.76. The molecule has 1 aromatic carbocycles. The van der Waals surface area contributed by atoms with Gasteiger partial charge in [0, 0.05) is 17.6 Å². The molecule has 114 valence electrons. The molecule has 1 fully saturated rings. The van der Waals surface area contributed by atoms with Gasteiger partial charge in [-0.1, -0.05) is 11.6 Å². The van der Waals surface area contributed by atoms with Crippen molar-refractivity contribution in [3.05, 3.63) is 27.7 Å². The lowest BCUT2D eigenvalue weighted by Gasteiger charge is -2.17. The van der Waals surface area contributed by atoms with Crippen LogP contribution in [0.3, 0.4) is 0 Å². The molecular weight excluding hydrogens is 387 g/mol. The summed E-state index contributed by atoms with van der Waals surface area (Å²) >= 11 is 9.15. The van der Waals surface area contributed by atoms with Crippen molar-refractivity contribution in [3.8, 4) is 0 Å². The number of nitrogens with one attached hydrogen (secondary N) is 1. The van der Waals surface area contributed by atoms with E-state index in [0.29, 0.717) is 28.5 Å². The van der Waals surface area contributed by atoms with Gasteiger partial charge in [0.1, 0.15) is 0 Å². The Bertz CT molecular complexity index is 569. The molecule has 1 aliphatic heterocycles. The fraction of sp³-hybridized carbons (Fsp3) is 0.500. The highest BCUT2D eigenvalue weighted by Crippen LogP contribution is 2.29. The molecule has 2 rings (SSSR count). The van der Waals surface area contributed by atoms with Gasteiger partial charge in [-0.2, -0.15) is 4.31 Å². The molecule has 1 aliphatic rings. The lowest BCUT2D eigenvalue weighted by molar-refractivity contribution is 0.451. The van der Waals surface area contributed by atoms with Crippen molar-refractivity contribution in [1.82, 2.24) is 9.62 Å². The van der Waals surface area contributed by atoms with E-state index in [0.717, 1.165) is 13.0 Å². The topological polar surface area (TPSA) is 49.4 Å². The lowest BCUT2D eigenvalue weighted by Crippen LogP contribution is -2.30. The van der Waals surface area contributed by atoms with Gasteiger partial charge >= 0.3 is 0 Å². The molecule has 0 radical (unpaired) electrons. The number of halogens is 3. The fourth-order valence-electron chi connectivity index (χ4n) is 2.26. The summed E-state index contributed by atoms with van der Waals surface area (Å²) in [6.07, 6.45) is 0.898. The van der Waals surface area contributed by atoms with E-state index in [-0.39, 0.29) is 17.3 Å². The van der Waals surface area contributed by atoms with Crippen LogP contribution >= 0.6 is 39.9 Å². The maximum atomic E-state index is 12.5. The Morgan fingerprint density at radius 1 is 1.50 bits per heavy atom. The van der Waals surface area contributed by atoms with Crippen molar-refractivity contribution in [2.24, 2.45) is 5.92 Å². The summed E-state index contributed by atoms with van der Waals surface area (Å²) in [4.78, 5) is 0.286. The van der Waals surface area contributed by atoms with Gasteiger partial charge in [0.05, 0.1) is 9.92 Å². The molecule has 8 heteroatoms. The van der Waals surface area contributed by atoms with Crippen molar-refractivity contribution in [3.63, 3.8) is 0 Å². The molecule has 1 saturated heterocycles. The molecule has 1 heterocycles. The molecule has 0 aromatic heterocycles. The Hall–Kier alpha value is 0.150. The molecular formula is C12H17BrCl2N2O2S. The van der Waals surface area contributed by atoms with Gasteiger partial charge in [-0.3, -0.25) is 0 Å². The second-order valence-electron chi connectivity index (χ2n) is 4.65. The van der Waals surface area contributed by atoms with Gasteiger partial charge in [0.15, 0.2) is 0 Å². The first-order chi connectivity index (χ1) is 8.95. The molecule has 20 heavy (non-hydrogen) atoms. The van der Waals surface area contributed by atoms with Crippen molar-refractivity contribution in [2.75, 3.05) is 26.7 Å². The van der Waals surface area contributed by atoms with Gasteiger partial charge in [0.2, 0.25) is 10.0 Å². The summed E-state index contributed by atoms with van der Waals surface area (Å²) in [6.45, 7) is 1.99. The van der Waals surface area contributed by atoms with Gasteiger partial charge in [-0.15, -0.1) is 12.4 Å². The number of nitrogens with zero attached hydrogens (tertiary/aromatic N) is 1. The van der Waals surface area contributed by atoms with Crippen molar-refractivity contribution in [1.29, 1.82) is 0 Å². The second-order valence-corrected chi connectivity index (χ2v) is 7.85. The molecule has 0 amide bonds. The largest absolute Gasteiger partial charge is 0.319 e. The Morgan fingerprint density at radius 2 is 2.20 bits per heavy atom. The van der Waals surface area contributed by atoms with Crippen LogP contribution in [0.1, 0.15) is 6.42 Å². The van der Waals surface area contributed by atoms with Crippen LogP contribution in [0.2, 0.25) is 5.02 Å². The molecule has 1 N–H and O–H groups in total. The van der Waals surface area contributed by atoms with Crippen molar-refractivity contribution >= 4 is 50.0 Å². The Labute approximate surface area is 139 Å². The first-order valence-corrected chi connectivity index (χ1v) is 8.66. The van der Waals surface area contributed by atoms with Gasteiger partial charge < -0.3 is 5.32 Å². The SMILES string of the molecule is CNCC1CCN(S(=O)(=O)c2ccc(Cl)c(Br)c2)C1.Cl. The van der Waals surface area contributed by atoms with E-state index in [1.807, 2.05) is 7.05 Å². The van der Waals surface area contributed by atoms with Gasteiger partial charge in [-0.25, -0.2) is 8.42 Å². The smallest absolute Gasteiger partial charge is 0.243 e. The van der Waals surface area contributed by atoms with Crippen LogP contribution in [0.15, 0.2) is 27.6 Å². The summed E-state index contributed by atoms with van der Waals surface area (Å²) in [6, 6.07) is 4.70. The second kappa shape index (κ2) is 7.42. The zero-order valence-electron chi connectivity index (χ0n) is 11.0. The molecule has 1 atom stereocenters. The van der Waals surface area contributed by atoms with Crippen molar-refractivity contribution in [2.45, 2.75) is 11.3 Å². The first-order valence-electron chi connectivity index (χ1n) is 6.05. The summed E-state index contributed by atoms with van der Waals surface area (Å²) in [5, 5.41) is 3.60. The highest BCUT2D eigenvalue weighted by molar-refractivity contribution is 9.10. The van der Waals surface area contributed by atoms with Gasteiger partial charge in [0.25, 0.3) is 0 Å². The van der Waals surface area contributed by atoms with E-state index in [1.165, 1.54) is 0 Å². The zero-order chi connectivity index (χ0) is 14.0. The van der Waals surface area contributed by atoms with Crippen LogP contribution in [-0.4, -0.2) is 39.4 Å². The molecule has 1 aromatic rings. The van der Waals surface area contributed by atoms with Crippen LogP contribution in [-0.2, 0) is 10.0 Å². The number of rotatable bonds is 4. The third-order valence-corrected chi connectivity index (χ3v) is 6.35. The molecule has 0 spiro atoms. The number of hydrogen-bond acceptors (Lipinski definition) is 3. The first kappa shape index (κ1) is 18.2. The minimum absolute atomic E-state index is 0. The normalized spacial score (nSPS) is 19.9. The predicted molar refractivity (Wildman–Crippen MR) is 87.2 cm³/mol. The van der Waals surface area contributed by atoms with Gasteiger partial charge in [-0.05, 0) is 60.1 Å². The fourth-order valence-corrected chi connectivity index (χ4v) is 4.46. The van der Waals surface area contributed by atoms with E-state index >= 15 is 0 Å². The van der Waals surface area contributed by atoms with Crippen LogP contribution in [0.4, 0.5) is 0 Å². The minimum Gasteiger partial charge on any atom is -0.319 e. The lowest BCUT2D eigenvalue weighted by atomic mass is 10.1. The number of sulfonamides is 1. The standard InChI is InChI=1S/C12H16BrClN2O2S.ClH/c1-15-7-9-4-5-16(8-9)19(17,18)10-2-3-12(14)11(13)6-10;/h2-3,6,9,15H,4-5,7-8H2,1H3;1H. The number of hydrogen-bond donors (Lipinski definition) is 1. The van der Waals surface area contributed by atoms with E-state index in [4.69, 9.17) is 11.6 Å². The Morgan fingerprint density at radius 3 is 2.80 bits per heavy atom. The summed E-state index contributed by atoms with van der Waals surface area (Å²) < 4.78 is 27.1. The minimum atomic E-state index is -3.41. The molecule has 0 bridgehead atoms. The van der Waals surface area contributed by atoms with E-state index < -0.39 is 10.0 Å². The highest BCUT2D eigenvalue weighted by atomic mass is 79.9. The molecule has 0 saturated carbocycles. The predicted octanol–water partition coefficient (Wildman–Crippen LogP) is 2.75. The van der Waals surface area contributed by atoms with Crippen LogP contribution in [0.25, 0.3) is 0 Å². The third kappa shape index (κ3) is 3.87. The quantitative estimate of drug-likeness (QED) is 0.840. The average Bonchev–Trinajstić information content (AvgIpc) is 2.82. The summed E-state index contributed by atoms with van der Waals surface area (Å²) in [5.41, 5.74) is 0. The highest BCUT2D eigenvalue weighted by Gasteiger charge is 2.32. The van der Waals surface area contributed by atoms with E-state index in [2.05, 4.69) is 21.2 Å². The van der Waals surface area contributed by atoms with Crippen LogP contribution in [0.5, 0.6) is 0 Å². The Balaban J connectivity index is 0.00000200. The monoisotopic (exact) mass is 402 g/mol. The third-order valence-electron chi connectivity index (χ3n) is 3.27. The molecule has 1 unspecified atom stereocenters. The maximum Gasteiger partial charge on any atom is 0.243 e. The molecule has 0 aliphatic carbocycles. The van der Waals surface area contributed by atoms with E-state index in [1.54, 1.807) is 22.5 Å². The summed E-state index contributed by atoms with van der Waals surface area (Å²) in [7, 11) is -1.53. The van der Waals surface area contributed by atoms with E-state index in [9.17, 15) is 8.42 Å². The summed E-state index contributed by atoms with van der Waals surface area (Å²) in [5.74, 6) is 0.385. The van der Waals surface area contributed by atoms with Crippen LogP contribution < -0.4 is 5.32 Å². The number of benzene rings is 1. The van der Waals surface area contributed by atoms with Crippen LogP contribution in [0, 0.1) is 5.92 Å². The zero-order valence-corrected chi connectivity index (χ0v) is 14.9. The average molecular weight is 404 g/mol. The maximum absolute atomic E-state index is 12.5. The van der Waals surface area contributed by atoms with Crippen molar-refractivity contribution < 1.29 is 8.42 Å².